The molecular formula is C23H17ClN4O4S2. The summed E-state index contributed by atoms with van der Waals surface area (Å²) in [6.45, 7) is 1.97. The number of thiazole rings is 1. The second kappa shape index (κ2) is 10.1. The van der Waals surface area contributed by atoms with Gasteiger partial charge in [-0.25, -0.2) is 4.98 Å². The summed E-state index contributed by atoms with van der Waals surface area (Å²) in [5.74, 6) is -0.523. The van der Waals surface area contributed by atoms with E-state index in [-0.39, 0.29) is 28.7 Å². The summed E-state index contributed by atoms with van der Waals surface area (Å²) in [5.41, 5.74) is 1.98. The molecule has 0 aliphatic carbocycles. The van der Waals surface area contributed by atoms with Crippen LogP contribution in [0.3, 0.4) is 0 Å². The van der Waals surface area contributed by atoms with E-state index in [0.717, 1.165) is 26.9 Å². The Kier molecular flexibility index (Phi) is 7.01. The van der Waals surface area contributed by atoms with Gasteiger partial charge in [0, 0.05) is 17.2 Å². The normalized spacial score (nSPS) is 10.6. The number of hydrogen-bond acceptors (Lipinski definition) is 7. The quantitative estimate of drug-likeness (QED) is 0.184. The maximum Gasteiger partial charge on any atom is 0.311 e. The molecule has 0 saturated heterocycles. The molecule has 3 aromatic carbocycles. The first-order valence-electron chi connectivity index (χ1n) is 10.0. The smallest absolute Gasteiger partial charge is 0.311 e. The number of nitrogens with one attached hydrogen (secondary N) is 2. The highest BCUT2D eigenvalue weighted by molar-refractivity contribution is 7.80. The molecule has 172 valence electrons. The fourth-order valence-corrected chi connectivity index (χ4v) is 4.49. The lowest BCUT2D eigenvalue weighted by atomic mass is 10.1. The Balaban J connectivity index is 1.50. The van der Waals surface area contributed by atoms with Gasteiger partial charge in [-0.05, 0) is 55.5 Å². The third-order valence-electron chi connectivity index (χ3n) is 4.70. The number of carbonyl (C=O) groups excluding carboxylic acids is 1. The number of carbonyl (C=O) groups is 1. The second-order valence-electron chi connectivity index (χ2n) is 6.96. The standard InChI is InChI=1S/C23H17ClN4O4S2/c1-2-32-19-10-8-13(12-18(19)28(30)31)21(29)27-23(33)26-17-11-14(7-9-15(17)24)22-25-16-5-3-4-6-20(16)34-22/h3-12H,2H2,1H3,(H2,26,27,29,33). The molecule has 11 heteroatoms. The van der Waals surface area contributed by atoms with Crippen LogP contribution in [0.15, 0.2) is 60.7 Å². The minimum atomic E-state index is -0.609. The Morgan fingerprint density at radius 3 is 2.74 bits per heavy atom. The molecule has 1 amide bonds. The number of para-hydroxylation sites is 1. The SMILES string of the molecule is CCOc1ccc(C(=O)NC(=S)Nc2cc(-c3nc4ccccc4s3)ccc2Cl)cc1[N+](=O)[O-]. The van der Waals surface area contributed by atoms with Crippen molar-refractivity contribution in [1.82, 2.24) is 10.3 Å². The fraction of sp³-hybridized carbons (Fsp3) is 0.0870. The van der Waals surface area contributed by atoms with Crippen molar-refractivity contribution in [2.75, 3.05) is 11.9 Å². The first kappa shape index (κ1) is 23.6. The number of fused-ring (bicyclic) bond motifs is 1. The predicted octanol–water partition coefficient (Wildman–Crippen LogP) is 6.05. The summed E-state index contributed by atoms with van der Waals surface area (Å²) in [7, 11) is 0. The van der Waals surface area contributed by atoms with Crippen molar-refractivity contribution in [2.24, 2.45) is 0 Å². The number of ether oxygens (including phenoxy) is 1. The molecule has 0 unspecified atom stereocenters. The molecule has 0 fully saturated rings. The average molecular weight is 513 g/mol. The molecule has 1 heterocycles. The highest BCUT2D eigenvalue weighted by Crippen LogP contribution is 2.34. The molecule has 0 spiro atoms. The number of anilines is 1. The van der Waals surface area contributed by atoms with Gasteiger partial charge in [0.15, 0.2) is 10.9 Å². The highest BCUT2D eigenvalue weighted by atomic mass is 35.5. The van der Waals surface area contributed by atoms with Gasteiger partial charge in [0.05, 0.1) is 32.5 Å². The Labute approximate surface area is 208 Å². The molecular weight excluding hydrogens is 496 g/mol. The highest BCUT2D eigenvalue weighted by Gasteiger charge is 2.19. The number of rotatable bonds is 6. The van der Waals surface area contributed by atoms with E-state index in [1.807, 2.05) is 30.3 Å². The lowest BCUT2D eigenvalue weighted by Gasteiger charge is -2.12. The number of amides is 1. The summed E-state index contributed by atoms with van der Waals surface area (Å²) in [4.78, 5) is 28.0. The van der Waals surface area contributed by atoms with E-state index >= 15 is 0 Å². The lowest BCUT2D eigenvalue weighted by Crippen LogP contribution is -2.34. The number of nitro groups is 1. The molecule has 0 aliphatic rings. The van der Waals surface area contributed by atoms with Gasteiger partial charge in [0.25, 0.3) is 5.91 Å². The average Bonchev–Trinajstić information content (AvgIpc) is 3.25. The molecule has 2 N–H and O–H groups in total. The maximum atomic E-state index is 12.6. The summed E-state index contributed by atoms with van der Waals surface area (Å²) in [5, 5.41) is 18.0. The van der Waals surface area contributed by atoms with Crippen LogP contribution < -0.4 is 15.4 Å². The summed E-state index contributed by atoms with van der Waals surface area (Å²) in [6, 6.07) is 17.1. The van der Waals surface area contributed by atoms with Crippen LogP contribution in [0.4, 0.5) is 11.4 Å². The van der Waals surface area contributed by atoms with Crippen molar-refractivity contribution in [1.29, 1.82) is 0 Å². The number of thiocarbonyl (C=S) groups is 1. The van der Waals surface area contributed by atoms with Gasteiger partial charge >= 0.3 is 5.69 Å². The van der Waals surface area contributed by atoms with Crippen LogP contribution in [0.1, 0.15) is 17.3 Å². The molecule has 0 saturated carbocycles. The molecule has 0 atom stereocenters. The fourth-order valence-electron chi connectivity index (χ4n) is 3.16. The van der Waals surface area contributed by atoms with Crippen LogP contribution in [0, 0.1) is 10.1 Å². The van der Waals surface area contributed by atoms with E-state index in [1.54, 1.807) is 30.4 Å². The first-order valence-corrected chi connectivity index (χ1v) is 11.6. The van der Waals surface area contributed by atoms with Gasteiger partial charge in [0.2, 0.25) is 0 Å². The number of benzene rings is 3. The van der Waals surface area contributed by atoms with E-state index in [0.29, 0.717) is 10.7 Å². The van der Waals surface area contributed by atoms with Gasteiger partial charge < -0.3 is 10.1 Å². The summed E-state index contributed by atoms with van der Waals surface area (Å²) >= 11 is 13.1. The lowest BCUT2D eigenvalue weighted by molar-refractivity contribution is -0.385. The van der Waals surface area contributed by atoms with E-state index in [2.05, 4.69) is 15.6 Å². The summed E-state index contributed by atoms with van der Waals surface area (Å²) in [6.07, 6.45) is 0. The van der Waals surface area contributed by atoms with Gasteiger partial charge in [-0.3, -0.25) is 20.2 Å². The molecule has 4 rings (SSSR count). The van der Waals surface area contributed by atoms with E-state index in [1.165, 1.54) is 12.1 Å². The van der Waals surface area contributed by atoms with Crippen molar-refractivity contribution in [3.63, 3.8) is 0 Å². The number of nitrogens with zero attached hydrogens (tertiary/aromatic N) is 2. The van der Waals surface area contributed by atoms with Crippen LogP contribution in [0.5, 0.6) is 5.75 Å². The van der Waals surface area contributed by atoms with E-state index in [9.17, 15) is 14.9 Å². The molecule has 8 nitrogen and oxygen atoms in total. The predicted molar refractivity (Wildman–Crippen MR) is 138 cm³/mol. The van der Waals surface area contributed by atoms with Crippen LogP contribution in [-0.4, -0.2) is 27.5 Å². The van der Waals surface area contributed by atoms with Gasteiger partial charge in [-0.15, -0.1) is 11.3 Å². The van der Waals surface area contributed by atoms with Crippen molar-refractivity contribution in [2.45, 2.75) is 6.92 Å². The number of halogens is 1. The van der Waals surface area contributed by atoms with Crippen molar-refractivity contribution in [3.05, 3.63) is 81.4 Å². The largest absolute Gasteiger partial charge is 0.487 e. The third kappa shape index (κ3) is 5.14. The van der Waals surface area contributed by atoms with Gasteiger partial charge in [0.1, 0.15) is 5.01 Å². The van der Waals surface area contributed by atoms with Crippen LogP contribution >= 0.6 is 35.2 Å². The molecule has 34 heavy (non-hydrogen) atoms. The number of aromatic nitrogens is 1. The second-order valence-corrected chi connectivity index (χ2v) is 8.81. The van der Waals surface area contributed by atoms with Gasteiger partial charge in [-0.1, -0.05) is 29.8 Å². The van der Waals surface area contributed by atoms with E-state index in [4.69, 9.17) is 28.6 Å². The zero-order valence-corrected chi connectivity index (χ0v) is 20.1. The molecule has 1 aromatic heterocycles. The Morgan fingerprint density at radius 2 is 2.00 bits per heavy atom. The van der Waals surface area contributed by atoms with Crippen LogP contribution in [0.25, 0.3) is 20.8 Å². The first-order chi connectivity index (χ1) is 16.4. The molecule has 0 aliphatic heterocycles. The molecule has 4 aromatic rings. The van der Waals surface area contributed by atoms with Crippen LogP contribution in [0.2, 0.25) is 5.02 Å². The zero-order chi connectivity index (χ0) is 24.2. The monoisotopic (exact) mass is 512 g/mol. The summed E-state index contributed by atoms with van der Waals surface area (Å²) < 4.78 is 6.31. The third-order valence-corrected chi connectivity index (χ3v) is 6.32. The Bertz CT molecular complexity index is 1390. The Hall–Kier alpha value is -3.60. The Morgan fingerprint density at radius 1 is 1.21 bits per heavy atom. The van der Waals surface area contributed by atoms with E-state index < -0.39 is 10.8 Å². The zero-order valence-electron chi connectivity index (χ0n) is 17.7. The van der Waals surface area contributed by atoms with Crippen molar-refractivity contribution >= 4 is 67.8 Å². The minimum absolute atomic E-state index is 0.00936. The minimum Gasteiger partial charge on any atom is -0.487 e. The van der Waals surface area contributed by atoms with Crippen molar-refractivity contribution in [3.8, 4) is 16.3 Å². The maximum absolute atomic E-state index is 12.6. The topological polar surface area (TPSA) is 106 Å². The number of nitro benzene ring substituents is 1. The molecule has 0 radical (unpaired) electrons. The number of hydrogen-bond donors (Lipinski definition) is 2. The van der Waals surface area contributed by atoms with Gasteiger partial charge in [-0.2, -0.15) is 0 Å². The van der Waals surface area contributed by atoms with Crippen LogP contribution in [-0.2, 0) is 0 Å². The molecule has 0 bridgehead atoms. The van der Waals surface area contributed by atoms with Crippen molar-refractivity contribution < 1.29 is 14.5 Å².